The SMILES string of the molecule is CCCN(CC(=O)N(Cc1ccc(OC)cc1)C1CCN(C(=O)c2ccc(C)cc2)CC1)S(=O)(=O)c1ccccc1. The number of likely N-dealkylation sites (tertiary alicyclic amines) is 1. The predicted octanol–water partition coefficient (Wildman–Crippen LogP) is 4.74. The maximum Gasteiger partial charge on any atom is 0.253 e. The molecule has 0 N–H and O–H groups in total. The topological polar surface area (TPSA) is 87.2 Å². The fraction of sp³-hybridized carbons (Fsp3) is 0.375. The van der Waals surface area contributed by atoms with E-state index in [0.717, 1.165) is 16.9 Å². The number of piperidine rings is 1. The molecule has 3 aromatic rings. The van der Waals surface area contributed by atoms with E-state index in [-0.39, 0.29) is 35.8 Å². The molecule has 0 saturated carbocycles. The van der Waals surface area contributed by atoms with E-state index in [2.05, 4.69) is 0 Å². The van der Waals surface area contributed by atoms with Gasteiger partial charge in [-0.15, -0.1) is 0 Å². The molecule has 0 unspecified atom stereocenters. The first-order chi connectivity index (χ1) is 19.7. The molecule has 218 valence electrons. The van der Waals surface area contributed by atoms with Crippen LogP contribution in [-0.4, -0.2) is 73.7 Å². The number of amides is 2. The van der Waals surface area contributed by atoms with Crippen molar-refractivity contribution in [2.45, 2.75) is 50.6 Å². The molecule has 3 aromatic carbocycles. The summed E-state index contributed by atoms with van der Waals surface area (Å²) >= 11 is 0. The molecule has 9 heteroatoms. The van der Waals surface area contributed by atoms with Gasteiger partial charge in [0.15, 0.2) is 0 Å². The van der Waals surface area contributed by atoms with E-state index in [1.165, 1.54) is 4.31 Å². The number of hydrogen-bond acceptors (Lipinski definition) is 5. The van der Waals surface area contributed by atoms with Crippen LogP contribution < -0.4 is 4.74 Å². The fourth-order valence-electron chi connectivity index (χ4n) is 5.12. The zero-order valence-electron chi connectivity index (χ0n) is 24.0. The number of carbonyl (C=O) groups excluding carboxylic acids is 2. The molecule has 0 bridgehead atoms. The third-order valence-electron chi connectivity index (χ3n) is 7.49. The van der Waals surface area contributed by atoms with Crippen LogP contribution in [0.2, 0.25) is 0 Å². The van der Waals surface area contributed by atoms with Gasteiger partial charge in [-0.25, -0.2) is 8.42 Å². The summed E-state index contributed by atoms with van der Waals surface area (Å²) in [6, 6.07) is 23.2. The number of sulfonamides is 1. The Morgan fingerprint density at radius 2 is 1.56 bits per heavy atom. The number of aryl methyl sites for hydroxylation is 1. The second kappa shape index (κ2) is 13.8. The lowest BCUT2D eigenvalue weighted by Gasteiger charge is -2.39. The maximum absolute atomic E-state index is 13.9. The standard InChI is InChI=1S/C32H39N3O5S/c1-4-20-34(41(38,39)30-8-6-5-7-9-30)24-31(36)35(23-26-12-16-29(40-3)17-13-26)28-18-21-33(22-19-28)32(37)27-14-10-25(2)11-15-27/h5-17,28H,4,18-24H2,1-3H3. The van der Waals surface area contributed by atoms with Crippen LogP contribution in [0.5, 0.6) is 5.75 Å². The lowest BCUT2D eigenvalue weighted by atomic mass is 10.0. The lowest BCUT2D eigenvalue weighted by Crippen LogP contribution is -2.51. The predicted molar refractivity (Wildman–Crippen MR) is 159 cm³/mol. The summed E-state index contributed by atoms with van der Waals surface area (Å²) in [6.45, 7) is 5.25. The van der Waals surface area contributed by atoms with E-state index in [1.54, 1.807) is 42.3 Å². The molecular weight excluding hydrogens is 538 g/mol. The van der Waals surface area contributed by atoms with Crippen LogP contribution in [0, 0.1) is 6.92 Å². The minimum atomic E-state index is -3.84. The summed E-state index contributed by atoms with van der Waals surface area (Å²) in [5.74, 6) is 0.453. The van der Waals surface area contributed by atoms with Crippen LogP contribution in [0.15, 0.2) is 83.8 Å². The molecule has 0 aromatic heterocycles. The number of benzene rings is 3. The van der Waals surface area contributed by atoms with Crippen LogP contribution >= 0.6 is 0 Å². The van der Waals surface area contributed by atoms with Crippen molar-refractivity contribution in [3.05, 3.63) is 95.6 Å². The van der Waals surface area contributed by atoms with Crippen molar-refractivity contribution in [1.29, 1.82) is 0 Å². The molecule has 0 aliphatic carbocycles. The van der Waals surface area contributed by atoms with Gasteiger partial charge in [0.05, 0.1) is 18.6 Å². The summed E-state index contributed by atoms with van der Waals surface area (Å²) in [5.41, 5.74) is 2.67. The van der Waals surface area contributed by atoms with E-state index in [0.29, 0.717) is 44.5 Å². The first kappa shape index (κ1) is 30.3. The molecule has 1 saturated heterocycles. The van der Waals surface area contributed by atoms with Crippen molar-refractivity contribution in [2.24, 2.45) is 0 Å². The maximum atomic E-state index is 13.9. The van der Waals surface area contributed by atoms with Crippen LogP contribution in [0.25, 0.3) is 0 Å². The van der Waals surface area contributed by atoms with Crippen molar-refractivity contribution in [3.8, 4) is 5.75 Å². The molecule has 2 amide bonds. The van der Waals surface area contributed by atoms with Crippen molar-refractivity contribution in [1.82, 2.24) is 14.1 Å². The molecule has 41 heavy (non-hydrogen) atoms. The van der Waals surface area contributed by atoms with Gasteiger partial charge in [0.1, 0.15) is 5.75 Å². The summed E-state index contributed by atoms with van der Waals surface area (Å²) in [5, 5.41) is 0. The molecule has 8 nitrogen and oxygen atoms in total. The second-order valence-electron chi connectivity index (χ2n) is 10.4. The first-order valence-corrected chi connectivity index (χ1v) is 15.5. The number of nitrogens with zero attached hydrogens (tertiary/aromatic N) is 3. The van der Waals surface area contributed by atoms with Gasteiger partial charge in [0.25, 0.3) is 5.91 Å². The number of ether oxygens (including phenoxy) is 1. The van der Waals surface area contributed by atoms with Crippen LogP contribution in [0.3, 0.4) is 0 Å². The highest BCUT2D eigenvalue weighted by atomic mass is 32.2. The van der Waals surface area contributed by atoms with Crippen molar-refractivity contribution in [2.75, 3.05) is 33.3 Å². The highest BCUT2D eigenvalue weighted by Crippen LogP contribution is 2.24. The molecule has 1 heterocycles. The minimum absolute atomic E-state index is 0.0143. The molecule has 0 radical (unpaired) electrons. The number of methoxy groups -OCH3 is 1. The van der Waals surface area contributed by atoms with E-state index in [1.807, 2.05) is 67.3 Å². The van der Waals surface area contributed by atoms with Gasteiger partial charge in [-0.3, -0.25) is 9.59 Å². The van der Waals surface area contributed by atoms with Gasteiger partial charge >= 0.3 is 0 Å². The smallest absolute Gasteiger partial charge is 0.253 e. The van der Waals surface area contributed by atoms with E-state index in [9.17, 15) is 18.0 Å². The minimum Gasteiger partial charge on any atom is -0.497 e. The summed E-state index contributed by atoms with van der Waals surface area (Å²) in [7, 11) is -2.24. The third-order valence-corrected chi connectivity index (χ3v) is 9.35. The van der Waals surface area contributed by atoms with Crippen LogP contribution in [0.4, 0.5) is 0 Å². The molecule has 1 aliphatic rings. The molecule has 0 spiro atoms. The Labute approximate surface area is 243 Å². The fourth-order valence-corrected chi connectivity index (χ4v) is 6.63. The Hall–Kier alpha value is -3.69. The molecule has 1 aliphatic heterocycles. The Balaban J connectivity index is 1.53. The quantitative estimate of drug-likeness (QED) is 0.329. The van der Waals surface area contributed by atoms with E-state index < -0.39 is 10.0 Å². The summed E-state index contributed by atoms with van der Waals surface area (Å²) in [4.78, 5) is 30.8. The van der Waals surface area contributed by atoms with Gasteiger partial charge in [-0.05, 0) is 68.1 Å². The lowest BCUT2D eigenvalue weighted by molar-refractivity contribution is -0.135. The summed E-state index contributed by atoms with van der Waals surface area (Å²) < 4.78 is 33.5. The van der Waals surface area contributed by atoms with Gasteiger partial charge < -0.3 is 14.5 Å². The Bertz CT molecular complexity index is 1400. The van der Waals surface area contributed by atoms with Crippen molar-refractivity contribution in [3.63, 3.8) is 0 Å². The normalized spacial score (nSPS) is 14.2. The van der Waals surface area contributed by atoms with Crippen LogP contribution in [0.1, 0.15) is 47.7 Å². The molecule has 1 fully saturated rings. The van der Waals surface area contributed by atoms with Crippen LogP contribution in [-0.2, 0) is 21.4 Å². The first-order valence-electron chi connectivity index (χ1n) is 14.1. The average molecular weight is 578 g/mol. The monoisotopic (exact) mass is 577 g/mol. The van der Waals surface area contributed by atoms with Crippen molar-refractivity contribution < 1.29 is 22.7 Å². The zero-order valence-corrected chi connectivity index (χ0v) is 24.8. The third kappa shape index (κ3) is 7.54. The highest BCUT2D eigenvalue weighted by molar-refractivity contribution is 7.89. The Kier molecular flexibility index (Phi) is 10.2. The molecular formula is C32H39N3O5S. The van der Waals surface area contributed by atoms with Gasteiger partial charge in [0.2, 0.25) is 15.9 Å². The van der Waals surface area contributed by atoms with Gasteiger partial charge in [-0.2, -0.15) is 4.31 Å². The molecule has 4 rings (SSSR count). The zero-order chi connectivity index (χ0) is 29.4. The number of hydrogen-bond donors (Lipinski definition) is 0. The second-order valence-corrected chi connectivity index (χ2v) is 12.3. The Morgan fingerprint density at radius 3 is 2.15 bits per heavy atom. The number of carbonyl (C=O) groups is 2. The highest BCUT2D eigenvalue weighted by Gasteiger charge is 2.33. The largest absolute Gasteiger partial charge is 0.497 e. The van der Waals surface area contributed by atoms with E-state index in [4.69, 9.17) is 4.74 Å². The summed E-state index contributed by atoms with van der Waals surface area (Å²) in [6.07, 6.45) is 1.80. The average Bonchev–Trinajstić information content (AvgIpc) is 3.00. The Morgan fingerprint density at radius 1 is 0.927 bits per heavy atom. The van der Waals surface area contributed by atoms with Crippen molar-refractivity contribution >= 4 is 21.8 Å². The van der Waals surface area contributed by atoms with Gasteiger partial charge in [-0.1, -0.05) is 55.0 Å². The van der Waals surface area contributed by atoms with Gasteiger partial charge in [0, 0.05) is 37.8 Å². The van der Waals surface area contributed by atoms with E-state index >= 15 is 0 Å². The molecule has 0 atom stereocenters. The number of rotatable bonds is 11.